The van der Waals surface area contributed by atoms with E-state index in [1.54, 1.807) is 30.0 Å². The molecule has 2 amide bonds. The molecule has 0 radical (unpaired) electrons. The van der Waals surface area contributed by atoms with Gasteiger partial charge in [-0.05, 0) is 50.4 Å². The molecule has 2 aliphatic heterocycles. The van der Waals surface area contributed by atoms with E-state index in [1.807, 2.05) is 13.0 Å². The van der Waals surface area contributed by atoms with Crippen molar-refractivity contribution in [1.82, 2.24) is 10.2 Å². The Morgan fingerprint density at radius 2 is 1.94 bits per heavy atom. The van der Waals surface area contributed by atoms with Gasteiger partial charge >= 0.3 is 0 Å². The van der Waals surface area contributed by atoms with Gasteiger partial charge in [0, 0.05) is 60.1 Å². The molecule has 1 fully saturated rings. The van der Waals surface area contributed by atoms with Gasteiger partial charge in [-0.25, -0.2) is 4.39 Å². The minimum absolute atomic E-state index is 0.0474. The molecule has 0 saturated carbocycles. The third-order valence-corrected chi connectivity index (χ3v) is 6.83. The van der Waals surface area contributed by atoms with Crippen LogP contribution in [0.5, 0.6) is 0 Å². The Labute approximate surface area is 186 Å². The molecule has 0 bridgehead atoms. The Kier molecular flexibility index (Phi) is 6.48. The highest BCUT2D eigenvalue weighted by Gasteiger charge is 2.22. The summed E-state index contributed by atoms with van der Waals surface area (Å²) in [6.07, 6.45) is 0.451. The van der Waals surface area contributed by atoms with E-state index in [9.17, 15) is 14.0 Å². The molecule has 164 valence electrons. The Morgan fingerprint density at radius 3 is 2.71 bits per heavy atom. The van der Waals surface area contributed by atoms with Crippen LogP contribution in [0.25, 0.3) is 0 Å². The van der Waals surface area contributed by atoms with Gasteiger partial charge in [0.15, 0.2) is 0 Å². The van der Waals surface area contributed by atoms with Gasteiger partial charge in [0.1, 0.15) is 5.82 Å². The lowest BCUT2D eigenvalue weighted by Gasteiger charge is -2.36. The largest absolute Gasteiger partial charge is 0.369 e. The number of amides is 2. The smallest absolute Gasteiger partial charge is 0.251 e. The van der Waals surface area contributed by atoms with Gasteiger partial charge < -0.3 is 20.4 Å². The third-order valence-electron chi connectivity index (χ3n) is 5.75. The van der Waals surface area contributed by atoms with Crippen LogP contribution in [0.2, 0.25) is 0 Å². The van der Waals surface area contributed by atoms with Crippen molar-refractivity contribution in [2.75, 3.05) is 49.2 Å². The van der Waals surface area contributed by atoms with Crippen LogP contribution in [0.1, 0.15) is 35.3 Å². The lowest BCUT2D eigenvalue weighted by Crippen LogP contribution is -2.45. The predicted octanol–water partition coefficient (Wildman–Crippen LogP) is 3.50. The van der Waals surface area contributed by atoms with E-state index >= 15 is 0 Å². The summed E-state index contributed by atoms with van der Waals surface area (Å²) in [6.45, 7) is 5.47. The SMILES string of the molecule is CC(NC(=O)c1ccc2c(c1)NC(=O)CCS2)c1cc(F)ccc1N1CCN(C)CC1. The highest BCUT2D eigenvalue weighted by atomic mass is 32.2. The van der Waals surface area contributed by atoms with Crippen LogP contribution >= 0.6 is 11.8 Å². The van der Waals surface area contributed by atoms with E-state index in [0.717, 1.165) is 48.1 Å². The maximum atomic E-state index is 14.1. The number of carbonyl (C=O) groups is 2. The van der Waals surface area contributed by atoms with Crippen molar-refractivity contribution >= 4 is 35.0 Å². The second-order valence-corrected chi connectivity index (χ2v) is 9.18. The third kappa shape index (κ3) is 5.02. The van der Waals surface area contributed by atoms with Gasteiger partial charge in [-0.1, -0.05) is 0 Å². The van der Waals surface area contributed by atoms with E-state index < -0.39 is 0 Å². The number of nitrogens with one attached hydrogen (secondary N) is 2. The standard InChI is InChI=1S/C23H27FN4O2S/c1-15(18-14-17(24)4-5-20(18)28-10-8-27(2)9-11-28)25-23(30)16-3-6-21-19(13-16)26-22(29)7-12-31-21/h3-6,13-15H,7-12H2,1-2H3,(H,25,30)(H,26,29). The molecule has 2 aromatic carbocycles. The molecule has 1 unspecified atom stereocenters. The molecular weight excluding hydrogens is 415 g/mol. The average molecular weight is 443 g/mol. The lowest BCUT2D eigenvalue weighted by atomic mass is 10.0. The first-order valence-electron chi connectivity index (χ1n) is 10.5. The van der Waals surface area contributed by atoms with E-state index in [0.29, 0.717) is 17.7 Å². The zero-order valence-electron chi connectivity index (χ0n) is 17.8. The molecule has 0 aliphatic carbocycles. The zero-order chi connectivity index (χ0) is 22.0. The molecule has 8 heteroatoms. The number of hydrogen-bond donors (Lipinski definition) is 2. The molecule has 2 aliphatic rings. The quantitative estimate of drug-likeness (QED) is 0.759. The molecule has 0 aromatic heterocycles. The summed E-state index contributed by atoms with van der Waals surface area (Å²) in [5, 5.41) is 5.87. The summed E-state index contributed by atoms with van der Waals surface area (Å²) in [4.78, 5) is 30.3. The lowest BCUT2D eigenvalue weighted by molar-refractivity contribution is -0.115. The van der Waals surface area contributed by atoms with Crippen molar-refractivity contribution < 1.29 is 14.0 Å². The molecule has 2 N–H and O–H groups in total. The Bertz CT molecular complexity index is 992. The van der Waals surface area contributed by atoms with Crippen LogP contribution in [0.15, 0.2) is 41.3 Å². The van der Waals surface area contributed by atoms with Gasteiger partial charge in [0.2, 0.25) is 5.91 Å². The second-order valence-electron chi connectivity index (χ2n) is 8.05. The van der Waals surface area contributed by atoms with E-state index in [-0.39, 0.29) is 23.7 Å². The number of hydrogen-bond acceptors (Lipinski definition) is 5. The monoisotopic (exact) mass is 442 g/mol. The number of thioether (sulfide) groups is 1. The fourth-order valence-corrected chi connectivity index (χ4v) is 4.86. The number of piperazine rings is 1. The Morgan fingerprint density at radius 1 is 1.16 bits per heavy atom. The molecule has 4 rings (SSSR count). The summed E-state index contributed by atoms with van der Waals surface area (Å²) >= 11 is 1.60. The first-order chi connectivity index (χ1) is 14.9. The van der Waals surface area contributed by atoms with Crippen LogP contribution < -0.4 is 15.5 Å². The van der Waals surface area contributed by atoms with Gasteiger partial charge in [-0.3, -0.25) is 9.59 Å². The minimum atomic E-state index is -0.374. The van der Waals surface area contributed by atoms with E-state index in [4.69, 9.17) is 0 Å². The van der Waals surface area contributed by atoms with Crippen molar-refractivity contribution in [3.05, 3.63) is 53.3 Å². The van der Waals surface area contributed by atoms with Crippen LogP contribution in [0.4, 0.5) is 15.8 Å². The summed E-state index contributed by atoms with van der Waals surface area (Å²) < 4.78 is 14.1. The second kappa shape index (κ2) is 9.28. The maximum Gasteiger partial charge on any atom is 0.251 e. The molecule has 1 saturated heterocycles. The number of likely N-dealkylation sites (N-methyl/N-ethyl adjacent to an activating group) is 1. The fourth-order valence-electron chi connectivity index (χ4n) is 3.93. The van der Waals surface area contributed by atoms with Crippen molar-refractivity contribution in [2.24, 2.45) is 0 Å². The topological polar surface area (TPSA) is 64.7 Å². The highest BCUT2D eigenvalue weighted by molar-refractivity contribution is 7.99. The van der Waals surface area contributed by atoms with Gasteiger partial charge in [0.05, 0.1) is 11.7 Å². The van der Waals surface area contributed by atoms with Crippen LogP contribution in [-0.4, -0.2) is 55.7 Å². The number of carbonyl (C=O) groups excluding carboxylic acids is 2. The zero-order valence-corrected chi connectivity index (χ0v) is 18.6. The summed E-state index contributed by atoms with van der Waals surface area (Å²) in [5.74, 6) is 0.0932. The normalized spacial score (nSPS) is 18.0. The molecule has 6 nitrogen and oxygen atoms in total. The Balaban J connectivity index is 1.53. The summed E-state index contributed by atoms with van der Waals surface area (Å²) in [5.41, 5.74) is 2.84. The predicted molar refractivity (Wildman–Crippen MR) is 122 cm³/mol. The van der Waals surface area contributed by atoms with Crippen LogP contribution in [0, 0.1) is 5.82 Å². The van der Waals surface area contributed by atoms with Gasteiger partial charge in [-0.15, -0.1) is 11.8 Å². The van der Waals surface area contributed by atoms with Crippen molar-refractivity contribution in [1.29, 1.82) is 0 Å². The van der Waals surface area contributed by atoms with Crippen molar-refractivity contribution in [3.63, 3.8) is 0 Å². The molecular formula is C23H27FN4O2S. The van der Waals surface area contributed by atoms with Gasteiger partial charge in [-0.2, -0.15) is 0 Å². The van der Waals surface area contributed by atoms with Gasteiger partial charge in [0.25, 0.3) is 5.91 Å². The average Bonchev–Trinajstić information content (AvgIpc) is 2.94. The molecule has 2 aromatic rings. The maximum absolute atomic E-state index is 14.1. The fraction of sp³-hybridized carbons (Fsp3) is 0.391. The van der Waals surface area contributed by atoms with Crippen LogP contribution in [0.3, 0.4) is 0 Å². The number of anilines is 2. The molecule has 0 spiro atoms. The molecule has 2 heterocycles. The number of fused-ring (bicyclic) bond motifs is 1. The summed E-state index contributed by atoms with van der Waals surface area (Å²) in [6, 6.07) is 9.74. The molecule has 31 heavy (non-hydrogen) atoms. The Hall–Kier alpha value is -2.58. The molecule has 1 atom stereocenters. The van der Waals surface area contributed by atoms with E-state index in [2.05, 4.69) is 27.5 Å². The number of benzene rings is 2. The first kappa shape index (κ1) is 21.6. The van der Waals surface area contributed by atoms with Crippen molar-refractivity contribution in [3.8, 4) is 0 Å². The van der Waals surface area contributed by atoms with Crippen molar-refractivity contribution in [2.45, 2.75) is 24.3 Å². The summed E-state index contributed by atoms with van der Waals surface area (Å²) in [7, 11) is 2.09. The number of rotatable bonds is 4. The first-order valence-corrected chi connectivity index (χ1v) is 11.5. The number of halogens is 1. The minimum Gasteiger partial charge on any atom is -0.369 e. The number of nitrogens with zero attached hydrogens (tertiary/aromatic N) is 2. The van der Waals surface area contributed by atoms with E-state index in [1.165, 1.54) is 12.1 Å². The van der Waals surface area contributed by atoms with Crippen LogP contribution in [-0.2, 0) is 4.79 Å². The highest BCUT2D eigenvalue weighted by Crippen LogP contribution is 2.32.